The lowest BCUT2D eigenvalue weighted by atomic mass is 10.1. The summed E-state index contributed by atoms with van der Waals surface area (Å²) < 4.78 is 33.6. The van der Waals surface area contributed by atoms with Gasteiger partial charge in [-0.25, -0.2) is 13.6 Å². The van der Waals surface area contributed by atoms with Crippen LogP contribution in [0.2, 0.25) is 0 Å². The Morgan fingerprint density at radius 1 is 1.12 bits per heavy atom. The van der Waals surface area contributed by atoms with Crippen LogP contribution >= 0.6 is 0 Å². The van der Waals surface area contributed by atoms with Gasteiger partial charge in [-0.2, -0.15) is 5.10 Å². The number of aryl methyl sites for hydroxylation is 2. The predicted octanol–water partition coefficient (Wildman–Crippen LogP) is 4.72. The molecule has 0 aliphatic carbocycles. The van der Waals surface area contributed by atoms with Crippen LogP contribution in [0, 0.1) is 32.4 Å². The molecule has 0 saturated heterocycles. The van der Waals surface area contributed by atoms with Crippen LogP contribution in [0.4, 0.5) is 14.5 Å². The molecule has 3 aromatic rings. The van der Waals surface area contributed by atoms with E-state index in [0.29, 0.717) is 12.6 Å². The summed E-state index contributed by atoms with van der Waals surface area (Å²) in [5.74, 6) is -3.15. The van der Waals surface area contributed by atoms with Gasteiger partial charge in [0.05, 0.1) is 17.9 Å². The number of nitrogens with one attached hydrogen (secondary N) is 1. The van der Waals surface area contributed by atoms with Gasteiger partial charge in [0.1, 0.15) is 11.6 Å². The second-order valence-electron chi connectivity index (χ2n) is 7.75. The molecule has 0 saturated carbocycles. The SMILES string of the molecule is Cc1ccc(Cn2nc(C)c(/C=C/C(=O)OC(C)C(=O)Nc3ccc(F)cc3F)c2C)cc1. The van der Waals surface area contributed by atoms with Gasteiger partial charge in [-0.3, -0.25) is 9.48 Å². The maximum Gasteiger partial charge on any atom is 0.331 e. The fraction of sp³-hybridized carbons (Fsp3) is 0.240. The van der Waals surface area contributed by atoms with Crippen molar-refractivity contribution in [3.8, 4) is 0 Å². The Hall–Kier alpha value is -3.81. The zero-order valence-electron chi connectivity index (χ0n) is 18.9. The highest BCUT2D eigenvalue weighted by Crippen LogP contribution is 2.18. The Bertz CT molecular complexity index is 1200. The molecule has 0 radical (unpaired) electrons. The molecule has 1 heterocycles. The van der Waals surface area contributed by atoms with E-state index < -0.39 is 29.6 Å². The lowest BCUT2D eigenvalue weighted by Crippen LogP contribution is -2.29. The summed E-state index contributed by atoms with van der Waals surface area (Å²) in [5.41, 5.74) is 4.51. The molecule has 1 N–H and O–H groups in total. The van der Waals surface area contributed by atoms with E-state index in [1.807, 2.05) is 49.7 Å². The van der Waals surface area contributed by atoms with E-state index >= 15 is 0 Å². The van der Waals surface area contributed by atoms with Crippen molar-refractivity contribution in [2.45, 2.75) is 40.3 Å². The molecule has 1 unspecified atom stereocenters. The summed E-state index contributed by atoms with van der Waals surface area (Å²) in [7, 11) is 0. The van der Waals surface area contributed by atoms with Crippen LogP contribution in [0.25, 0.3) is 6.08 Å². The van der Waals surface area contributed by atoms with Gasteiger partial charge in [-0.1, -0.05) is 29.8 Å². The Kier molecular flexibility index (Phi) is 7.37. The number of rotatable bonds is 7. The number of esters is 1. The number of amides is 1. The molecular formula is C25H25F2N3O3. The molecule has 2 aromatic carbocycles. The van der Waals surface area contributed by atoms with E-state index in [1.54, 1.807) is 6.08 Å². The number of ether oxygens (including phenoxy) is 1. The summed E-state index contributed by atoms with van der Waals surface area (Å²) in [6, 6.07) is 10.9. The van der Waals surface area contributed by atoms with Crippen LogP contribution in [0.5, 0.6) is 0 Å². The molecule has 1 amide bonds. The molecular weight excluding hydrogens is 428 g/mol. The minimum Gasteiger partial charge on any atom is -0.449 e. The van der Waals surface area contributed by atoms with E-state index in [9.17, 15) is 18.4 Å². The van der Waals surface area contributed by atoms with E-state index in [0.717, 1.165) is 34.6 Å². The van der Waals surface area contributed by atoms with Crippen LogP contribution in [0.1, 0.15) is 35.0 Å². The number of carbonyl (C=O) groups excluding carboxylic acids is 2. The van der Waals surface area contributed by atoms with Crippen LogP contribution in [-0.2, 0) is 20.9 Å². The van der Waals surface area contributed by atoms with E-state index in [4.69, 9.17) is 4.74 Å². The molecule has 0 bridgehead atoms. The smallest absolute Gasteiger partial charge is 0.331 e. The van der Waals surface area contributed by atoms with Crippen molar-refractivity contribution in [2.75, 3.05) is 5.32 Å². The summed E-state index contributed by atoms with van der Waals surface area (Å²) in [6.07, 6.45) is 1.63. The molecule has 0 aliphatic rings. The summed E-state index contributed by atoms with van der Waals surface area (Å²) in [6.45, 7) is 7.74. The fourth-order valence-corrected chi connectivity index (χ4v) is 3.22. The second kappa shape index (κ2) is 10.2. The maximum atomic E-state index is 13.7. The maximum absolute atomic E-state index is 13.7. The van der Waals surface area contributed by atoms with Gasteiger partial charge in [-0.05, 0) is 51.5 Å². The van der Waals surface area contributed by atoms with Crippen LogP contribution in [-0.4, -0.2) is 27.8 Å². The monoisotopic (exact) mass is 453 g/mol. The van der Waals surface area contributed by atoms with Crippen molar-refractivity contribution in [1.29, 1.82) is 0 Å². The number of nitrogens with zero attached hydrogens (tertiary/aromatic N) is 2. The Morgan fingerprint density at radius 2 is 1.82 bits per heavy atom. The minimum atomic E-state index is -1.18. The first kappa shape index (κ1) is 23.8. The quantitative estimate of drug-likeness (QED) is 0.415. The largest absolute Gasteiger partial charge is 0.449 e. The number of anilines is 1. The molecule has 0 spiro atoms. The Balaban J connectivity index is 1.62. The summed E-state index contributed by atoms with van der Waals surface area (Å²) in [4.78, 5) is 24.4. The highest BCUT2D eigenvalue weighted by molar-refractivity contribution is 5.96. The third-order valence-corrected chi connectivity index (χ3v) is 5.13. The van der Waals surface area contributed by atoms with Crippen molar-refractivity contribution >= 4 is 23.6 Å². The number of aromatic nitrogens is 2. The first-order valence-corrected chi connectivity index (χ1v) is 10.4. The highest BCUT2D eigenvalue weighted by atomic mass is 19.1. The number of halogens is 2. The molecule has 1 atom stereocenters. The standard InChI is InChI=1S/C25H25F2N3O3/c1-15-5-7-19(8-6-15)14-30-17(3)21(16(2)29-30)10-12-24(31)33-18(4)25(32)28-23-11-9-20(26)13-22(23)27/h5-13,18H,14H2,1-4H3,(H,28,32)/b12-10+. The van der Waals surface area contributed by atoms with E-state index in [1.165, 1.54) is 18.6 Å². The van der Waals surface area contributed by atoms with Crippen LogP contribution in [0.3, 0.4) is 0 Å². The molecule has 8 heteroatoms. The van der Waals surface area contributed by atoms with Gasteiger partial charge in [0, 0.05) is 23.4 Å². The number of hydrogen-bond acceptors (Lipinski definition) is 4. The summed E-state index contributed by atoms with van der Waals surface area (Å²) >= 11 is 0. The van der Waals surface area contributed by atoms with Gasteiger partial charge in [0.25, 0.3) is 5.91 Å². The Labute approximate surface area is 190 Å². The first-order chi connectivity index (χ1) is 15.6. The second-order valence-corrected chi connectivity index (χ2v) is 7.75. The van der Waals surface area contributed by atoms with Crippen LogP contribution in [0.15, 0.2) is 48.5 Å². The lowest BCUT2D eigenvalue weighted by molar-refractivity contribution is -0.148. The minimum absolute atomic E-state index is 0.202. The topological polar surface area (TPSA) is 73.2 Å². The summed E-state index contributed by atoms with van der Waals surface area (Å²) in [5, 5.41) is 6.81. The molecule has 1 aromatic heterocycles. The normalized spacial score (nSPS) is 12.1. The van der Waals surface area contributed by atoms with Gasteiger partial charge in [0.15, 0.2) is 6.10 Å². The fourth-order valence-electron chi connectivity index (χ4n) is 3.22. The average molecular weight is 453 g/mol. The first-order valence-electron chi connectivity index (χ1n) is 10.4. The van der Waals surface area contributed by atoms with E-state index in [2.05, 4.69) is 10.4 Å². The zero-order chi connectivity index (χ0) is 24.1. The van der Waals surface area contributed by atoms with Gasteiger partial charge >= 0.3 is 5.97 Å². The molecule has 6 nitrogen and oxygen atoms in total. The number of carbonyl (C=O) groups is 2. The third kappa shape index (κ3) is 6.12. The van der Waals surface area contributed by atoms with Crippen molar-refractivity contribution in [1.82, 2.24) is 9.78 Å². The van der Waals surface area contributed by atoms with E-state index in [-0.39, 0.29) is 5.69 Å². The van der Waals surface area contributed by atoms with Crippen molar-refractivity contribution < 1.29 is 23.1 Å². The Morgan fingerprint density at radius 3 is 2.48 bits per heavy atom. The predicted molar refractivity (Wildman–Crippen MR) is 122 cm³/mol. The average Bonchev–Trinajstić information content (AvgIpc) is 3.02. The van der Waals surface area contributed by atoms with Gasteiger partial charge in [-0.15, -0.1) is 0 Å². The third-order valence-electron chi connectivity index (χ3n) is 5.13. The van der Waals surface area contributed by atoms with Crippen molar-refractivity contribution in [2.24, 2.45) is 0 Å². The zero-order valence-corrected chi connectivity index (χ0v) is 18.9. The highest BCUT2D eigenvalue weighted by Gasteiger charge is 2.18. The molecule has 3 rings (SSSR count). The van der Waals surface area contributed by atoms with Gasteiger partial charge in [0.2, 0.25) is 0 Å². The molecule has 172 valence electrons. The number of hydrogen-bond donors (Lipinski definition) is 1. The lowest BCUT2D eigenvalue weighted by Gasteiger charge is -2.12. The van der Waals surface area contributed by atoms with Crippen molar-refractivity contribution in [3.63, 3.8) is 0 Å². The van der Waals surface area contributed by atoms with Gasteiger partial charge < -0.3 is 10.1 Å². The molecule has 0 fully saturated rings. The molecule has 0 aliphatic heterocycles. The molecule has 33 heavy (non-hydrogen) atoms. The number of benzene rings is 2. The van der Waals surface area contributed by atoms with Crippen LogP contribution < -0.4 is 5.32 Å². The van der Waals surface area contributed by atoms with Crippen molar-refractivity contribution in [3.05, 3.63) is 88.3 Å².